The number of H-pyrrole nitrogens is 1. The summed E-state index contributed by atoms with van der Waals surface area (Å²) in [7, 11) is 0. The van der Waals surface area contributed by atoms with Gasteiger partial charge in [-0.2, -0.15) is 13.2 Å². The lowest BCUT2D eigenvalue weighted by molar-refractivity contribution is -0.0884. The molecule has 100 valence electrons. The van der Waals surface area contributed by atoms with Crippen molar-refractivity contribution in [1.82, 2.24) is 4.98 Å². The van der Waals surface area contributed by atoms with Gasteiger partial charge in [0.1, 0.15) is 11.5 Å². The number of carboxylic acids is 1. The molecule has 0 amide bonds. The maximum Gasteiger partial charge on any atom is 0.454 e. The zero-order valence-corrected chi connectivity index (χ0v) is 9.01. The van der Waals surface area contributed by atoms with E-state index in [1.165, 1.54) is 0 Å². The van der Waals surface area contributed by atoms with Crippen LogP contribution in [0.2, 0.25) is 0 Å². The van der Waals surface area contributed by atoms with E-state index in [0.717, 1.165) is 18.2 Å². The molecule has 0 aliphatic heterocycles. The lowest BCUT2D eigenvalue weighted by Gasteiger charge is -2.05. The molecule has 0 aliphatic carbocycles. The minimum Gasteiger partial charge on any atom is -0.477 e. The summed E-state index contributed by atoms with van der Waals surface area (Å²) in [6.07, 6.45) is -5.21. The van der Waals surface area contributed by atoms with E-state index in [0.29, 0.717) is 0 Å². The van der Waals surface area contributed by atoms with Crippen LogP contribution < -0.4 is 0 Å². The molecule has 19 heavy (non-hydrogen) atoms. The van der Waals surface area contributed by atoms with Gasteiger partial charge in [-0.25, -0.2) is 9.18 Å². The van der Waals surface area contributed by atoms with Gasteiger partial charge in [-0.15, -0.1) is 0 Å². The average molecular weight is 275 g/mol. The Kier molecular flexibility index (Phi) is 2.80. The number of fused-ring (bicyclic) bond motifs is 1. The quantitative estimate of drug-likeness (QED) is 0.654. The number of carbonyl (C=O) groups excluding carboxylic acids is 1. The highest BCUT2D eigenvalue weighted by Crippen LogP contribution is 2.30. The number of ketones is 1. The summed E-state index contributed by atoms with van der Waals surface area (Å²) in [5.41, 5.74) is -2.12. The fourth-order valence-electron chi connectivity index (χ4n) is 1.71. The zero-order valence-electron chi connectivity index (χ0n) is 9.01. The van der Waals surface area contributed by atoms with Crippen LogP contribution >= 0.6 is 0 Å². The van der Waals surface area contributed by atoms with Gasteiger partial charge in [0, 0.05) is 10.9 Å². The van der Waals surface area contributed by atoms with Crippen LogP contribution in [-0.4, -0.2) is 28.0 Å². The number of halogens is 4. The largest absolute Gasteiger partial charge is 0.477 e. The molecule has 0 radical (unpaired) electrons. The SMILES string of the molecule is O=C(O)c1[nH]c2cc(F)ccc2c1C(=O)C(F)(F)F. The number of hydrogen-bond acceptors (Lipinski definition) is 2. The first-order chi connectivity index (χ1) is 8.71. The van der Waals surface area contributed by atoms with Crippen molar-refractivity contribution in [2.24, 2.45) is 0 Å². The topological polar surface area (TPSA) is 70.2 Å². The molecule has 0 saturated carbocycles. The molecule has 1 heterocycles. The predicted molar refractivity (Wildman–Crippen MR) is 55.6 cm³/mol. The second kappa shape index (κ2) is 4.08. The zero-order chi connectivity index (χ0) is 14.4. The Labute approximate surface area is 102 Å². The Bertz CT molecular complexity index is 687. The number of aromatic nitrogens is 1. The third-order valence-electron chi connectivity index (χ3n) is 2.46. The van der Waals surface area contributed by atoms with Crippen molar-refractivity contribution in [2.75, 3.05) is 0 Å². The summed E-state index contributed by atoms with van der Waals surface area (Å²) in [4.78, 5) is 24.2. The van der Waals surface area contributed by atoms with E-state index in [-0.39, 0.29) is 10.9 Å². The van der Waals surface area contributed by atoms with Crippen LogP contribution in [0.25, 0.3) is 10.9 Å². The van der Waals surface area contributed by atoms with Gasteiger partial charge in [-0.3, -0.25) is 4.79 Å². The Morgan fingerprint density at radius 2 is 1.84 bits per heavy atom. The highest BCUT2D eigenvalue weighted by molar-refractivity contribution is 6.16. The molecule has 2 rings (SSSR count). The summed E-state index contributed by atoms with van der Waals surface area (Å²) >= 11 is 0. The molecule has 0 aliphatic rings. The fourth-order valence-corrected chi connectivity index (χ4v) is 1.71. The van der Waals surface area contributed by atoms with Gasteiger partial charge >= 0.3 is 12.1 Å². The number of benzene rings is 1. The molecule has 0 unspecified atom stereocenters. The van der Waals surface area contributed by atoms with Crippen LogP contribution in [-0.2, 0) is 0 Å². The first-order valence-corrected chi connectivity index (χ1v) is 4.88. The lowest BCUT2D eigenvalue weighted by atomic mass is 10.1. The number of rotatable bonds is 2. The van der Waals surface area contributed by atoms with Crippen molar-refractivity contribution < 1.29 is 32.3 Å². The Morgan fingerprint density at radius 1 is 1.21 bits per heavy atom. The molecule has 0 spiro atoms. The number of Topliss-reactive ketones (excluding diaryl/α,β-unsaturated/α-hetero) is 1. The minimum absolute atomic E-state index is 0.190. The molecule has 1 aromatic heterocycles. The fraction of sp³-hybridized carbons (Fsp3) is 0.0909. The average Bonchev–Trinajstić information content (AvgIpc) is 2.64. The second-order valence-electron chi connectivity index (χ2n) is 3.70. The number of aromatic amines is 1. The van der Waals surface area contributed by atoms with Crippen LogP contribution in [0.15, 0.2) is 18.2 Å². The number of alkyl halides is 3. The predicted octanol–water partition coefficient (Wildman–Crippen LogP) is 2.75. The highest BCUT2D eigenvalue weighted by Gasteiger charge is 2.43. The molecule has 0 saturated heterocycles. The third kappa shape index (κ3) is 2.16. The second-order valence-corrected chi connectivity index (χ2v) is 3.70. The van der Waals surface area contributed by atoms with E-state index in [1.54, 1.807) is 0 Å². The summed E-state index contributed by atoms with van der Waals surface area (Å²) in [6, 6.07) is 2.58. The van der Waals surface area contributed by atoms with Gasteiger partial charge in [0.25, 0.3) is 5.78 Å². The monoisotopic (exact) mass is 275 g/mol. The van der Waals surface area contributed by atoms with Gasteiger partial charge in [0.05, 0.1) is 5.56 Å². The van der Waals surface area contributed by atoms with Crippen molar-refractivity contribution in [3.05, 3.63) is 35.3 Å². The number of aromatic carboxylic acids is 1. The summed E-state index contributed by atoms with van der Waals surface area (Å²) < 4.78 is 50.2. The molecule has 2 N–H and O–H groups in total. The maximum absolute atomic E-state index is 12.9. The van der Waals surface area contributed by atoms with Crippen molar-refractivity contribution in [2.45, 2.75) is 6.18 Å². The summed E-state index contributed by atoms with van der Waals surface area (Å²) in [6.45, 7) is 0. The number of carboxylic acid groups (broad SMARTS) is 1. The Morgan fingerprint density at radius 3 is 2.37 bits per heavy atom. The lowest BCUT2D eigenvalue weighted by Crippen LogP contribution is -2.24. The van der Waals surface area contributed by atoms with E-state index in [4.69, 9.17) is 5.11 Å². The molecule has 2 aromatic rings. The van der Waals surface area contributed by atoms with E-state index in [1.807, 2.05) is 0 Å². The van der Waals surface area contributed by atoms with Gasteiger partial charge < -0.3 is 10.1 Å². The molecule has 0 fully saturated rings. The minimum atomic E-state index is -5.21. The number of nitrogens with one attached hydrogen (secondary N) is 1. The van der Waals surface area contributed by atoms with Crippen LogP contribution in [0.3, 0.4) is 0 Å². The molecule has 1 aromatic carbocycles. The molecule has 0 bridgehead atoms. The van der Waals surface area contributed by atoms with Gasteiger partial charge in [-0.1, -0.05) is 0 Å². The first-order valence-electron chi connectivity index (χ1n) is 4.88. The third-order valence-corrected chi connectivity index (χ3v) is 2.46. The van der Waals surface area contributed by atoms with E-state index >= 15 is 0 Å². The first kappa shape index (κ1) is 13.1. The van der Waals surface area contributed by atoms with E-state index in [2.05, 4.69) is 4.98 Å². The van der Waals surface area contributed by atoms with Crippen LogP contribution in [0.1, 0.15) is 20.8 Å². The smallest absolute Gasteiger partial charge is 0.454 e. The van der Waals surface area contributed by atoms with Gasteiger partial charge in [-0.05, 0) is 18.2 Å². The Hall–Kier alpha value is -2.38. The normalized spacial score (nSPS) is 11.8. The molecule has 8 heteroatoms. The van der Waals surface area contributed by atoms with E-state index in [9.17, 15) is 27.2 Å². The standard InChI is InChI=1S/C11H5F4NO3/c12-4-1-2-5-6(3-4)16-8(10(18)19)7(5)9(17)11(13,14)15/h1-3,16H,(H,18,19). The molecule has 0 atom stereocenters. The Balaban J connectivity index is 2.80. The van der Waals surface area contributed by atoms with E-state index < -0.39 is 35.0 Å². The van der Waals surface area contributed by atoms with Gasteiger partial charge in [0.2, 0.25) is 0 Å². The summed E-state index contributed by atoms with van der Waals surface area (Å²) in [5, 5.41) is 8.52. The maximum atomic E-state index is 12.9. The van der Waals surface area contributed by atoms with Crippen LogP contribution in [0, 0.1) is 5.82 Å². The van der Waals surface area contributed by atoms with Crippen molar-refractivity contribution in [1.29, 1.82) is 0 Å². The molecular weight excluding hydrogens is 270 g/mol. The number of carbonyl (C=O) groups is 2. The molecule has 4 nitrogen and oxygen atoms in total. The van der Waals surface area contributed by atoms with Gasteiger partial charge in [0.15, 0.2) is 0 Å². The highest BCUT2D eigenvalue weighted by atomic mass is 19.4. The van der Waals surface area contributed by atoms with Crippen molar-refractivity contribution >= 4 is 22.7 Å². The summed E-state index contributed by atoms with van der Waals surface area (Å²) in [5.74, 6) is -4.79. The van der Waals surface area contributed by atoms with Crippen LogP contribution in [0.4, 0.5) is 17.6 Å². The van der Waals surface area contributed by atoms with Crippen molar-refractivity contribution in [3.63, 3.8) is 0 Å². The molecular formula is C11H5F4NO3. The van der Waals surface area contributed by atoms with Crippen LogP contribution in [0.5, 0.6) is 0 Å². The van der Waals surface area contributed by atoms with Crippen molar-refractivity contribution in [3.8, 4) is 0 Å². The number of hydrogen-bond donors (Lipinski definition) is 2.